The van der Waals surface area contributed by atoms with Crippen LogP contribution in [0.25, 0.3) is 0 Å². The van der Waals surface area contributed by atoms with Crippen molar-refractivity contribution in [3.8, 4) is 0 Å². The molecule has 1 aliphatic rings. The quantitative estimate of drug-likeness (QED) is 0.752. The molecule has 0 bridgehead atoms. The van der Waals surface area contributed by atoms with Crippen LogP contribution >= 0.6 is 23.2 Å². The zero-order valence-corrected chi connectivity index (χ0v) is 8.49. The van der Waals surface area contributed by atoms with Crippen LogP contribution in [0.5, 0.6) is 0 Å². The molecule has 70 valence electrons. The molecule has 0 saturated carbocycles. The maximum absolute atomic E-state index is 6.09. The van der Waals surface area contributed by atoms with Gasteiger partial charge in [0.2, 0.25) is 0 Å². The summed E-state index contributed by atoms with van der Waals surface area (Å²) in [5.74, 6) is 0. The van der Waals surface area contributed by atoms with E-state index in [0.29, 0.717) is 10.0 Å². The van der Waals surface area contributed by atoms with Gasteiger partial charge < -0.3 is 11.1 Å². The molecule has 3 N–H and O–H groups in total. The lowest BCUT2D eigenvalue weighted by molar-refractivity contribution is 0.287. The zero-order chi connectivity index (χ0) is 9.47. The molecule has 0 spiro atoms. The Hall–Kier alpha value is -0.280. The largest absolute Gasteiger partial charge is 0.319 e. The number of hydrogen-bond acceptors (Lipinski definition) is 2. The van der Waals surface area contributed by atoms with Gasteiger partial charge in [-0.2, -0.15) is 0 Å². The molecule has 13 heavy (non-hydrogen) atoms. The molecule has 4 heteroatoms. The Morgan fingerprint density at radius 1 is 1.23 bits per heavy atom. The summed E-state index contributed by atoms with van der Waals surface area (Å²) < 4.78 is 0. The third kappa shape index (κ3) is 1.44. The lowest BCUT2D eigenvalue weighted by Crippen LogP contribution is -2.63. The van der Waals surface area contributed by atoms with Gasteiger partial charge in [0.05, 0.1) is 5.54 Å². The lowest BCUT2D eigenvalue weighted by atomic mass is 9.85. The van der Waals surface area contributed by atoms with Gasteiger partial charge in [-0.1, -0.05) is 29.3 Å². The highest BCUT2D eigenvalue weighted by atomic mass is 35.5. The highest BCUT2D eigenvalue weighted by Gasteiger charge is 2.37. The fourth-order valence-electron chi connectivity index (χ4n) is 1.54. The third-order valence-electron chi connectivity index (χ3n) is 2.34. The minimum Gasteiger partial charge on any atom is -0.319 e. The van der Waals surface area contributed by atoms with Crippen molar-refractivity contribution in [3.63, 3.8) is 0 Å². The number of benzene rings is 1. The van der Waals surface area contributed by atoms with Crippen LogP contribution in [0.2, 0.25) is 10.0 Å². The summed E-state index contributed by atoms with van der Waals surface area (Å²) >= 11 is 12.1. The maximum Gasteiger partial charge on any atom is 0.0691 e. The molecule has 0 aliphatic carbocycles. The number of nitrogens with one attached hydrogen (secondary N) is 1. The fraction of sp³-hybridized carbons (Fsp3) is 0.333. The van der Waals surface area contributed by atoms with Crippen LogP contribution in [0.4, 0.5) is 0 Å². The second kappa shape index (κ2) is 3.14. The SMILES string of the molecule is NC1(c2c(Cl)cccc2Cl)CNC1. The van der Waals surface area contributed by atoms with Gasteiger partial charge in [0, 0.05) is 28.7 Å². The second-order valence-corrected chi connectivity index (χ2v) is 4.17. The predicted octanol–water partition coefficient (Wildman–Crippen LogP) is 1.75. The first-order chi connectivity index (χ1) is 6.13. The van der Waals surface area contributed by atoms with Crippen molar-refractivity contribution in [1.82, 2.24) is 5.32 Å². The first-order valence-electron chi connectivity index (χ1n) is 4.07. The minimum atomic E-state index is -0.380. The standard InChI is InChI=1S/C9H10Cl2N2/c10-6-2-1-3-7(11)8(6)9(12)4-13-5-9/h1-3,13H,4-5,12H2. The number of halogens is 2. The zero-order valence-electron chi connectivity index (χ0n) is 6.98. The number of hydrogen-bond donors (Lipinski definition) is 2. The fourth-order valence-corrected chi connectivity index (χ4v) is 2.32. The van der Waals surface area contributed by atoms with Crippen LogP contribution in [-0.4, -0.2) is 13.1 Å². The average molecular weight is 217 g/mol. The first-order valence-corrected chi connectivity index (χ1v) is 4.83. The summed E-state index contributed by atoms with van der Waals surface area (Å²) in [6, 6.07) is 5.45. The van der Waals surface area contributed by atoms with Gasteiger partial charge in [-0.3, -0.25) is 0 Å². The molecular weight excluding hydrogens is 207 g/mol. The normalized spacial score (nSPS) is 19.6. The minimum absolute atomic E-state index is 0.380. The Balaban J connectivity index is 2.49. The van der Waals surface area contributed by atoms with E-state index in [4.69, 9.17) is 28.9 Å². The van der Waals surface area contributed by atoms with Crippen LogP contribution in [-0.2, 0) is 5.54 Å². The van der Waals surface area contributed by atoms with Gasteiger partial charge in [-0.25, -0.2) is 0 Å². The average Bonchev–Trinajstić information content (AvgIpc) is 2.01. The summed E-state index contributed by atoms with van der Waals surface area (Å²) in [7, 11) is 0. The van der Waals surface area contributed by atoms with Gasteiger partial charge >= 0.3 is 0 Å². The summed E-state index contributed by atoms with van der Waals surface area (Å²) in [5.41, 5.74) is 6.57. The van der Waals surface area contributed by atoms with E-state index in [1.165, 1.54) is 0 Å². The van der Waals surface area contributed by atoms with Crippen molar-refractivity contribution in [2.45, 2.75) is 5.54 Å². The summed E-state index contributed by atoms with van der Waals surface area (Å²) in [5, 5.41) is 4.41. The molecule has 1 saturated heterocycles. The Kier molecular flexibility index (Phi) is 2.24. The maximum atomic E-state index is 6.09. The highest BCUT2D eigenvalue weighted by molar-refractivity contribution is 6.36. The Morgan fingerprint density at radius 2 is 1.77 bits per heavy atom. The summed E-state index contributed by atoms with van der Waals surface area (Å²) in [6.07, 6.45) is 0. The molecule has 1 fully saturated rings. The lowest BCUT2D eigenvalue weighted by Gasteiger charge is -2.40. The van der Waals surface area contributed by atoms with Crippen molar-refractivity contribution in [3.05, 3.63) is 33.8 Å². The third-order valence-corrected chi connectivity index (χ3v) is 2.97. The van der Waals surface area contributed by atoms with Gasteiger partial charge in [0.1, 0.15) is 0 Å². The molecule has 0 amide bonds. The van der Waals surface area contributed by atoms with Gasteiger partial charge in [-0.05, 0) is 12.1 Å². The monoisotopic (exact) mass is 216 g/mol. The highest BCUT2D eigenvalue weighted by Crippen LogP contribution is 2.34. The van der Waals surface area contributed by atoms with Gasteiger partial charge in [0.15, 0.2) is 0 Å². The van der Waals surface area contributed by atoms with Crippen LogP contribution in [0.1, 0.15) is 5.56 Å². The van der Waals surface area contributed by atoms with Crippen LogP contribution in [0.15, 0.2) is 18.2 Å². The summed E-state index contributed by atoms with van der Waals surface area (Å²) in [4.78, 5) is 0. The van der Waals surface area contributed by atoms with E-state index in [9.17, 15) is 0 Å². The Bertz CT molecular complexity index is 314. The number of nitrogens with two attached hydrogens (primary N) is 1. The molecule has 0 radical (unpaired) electrons. The van der Waals surface area contributed by atoms with Crippen LogP contribution in [0, 0.1) is 0 Å². The van der Waals surface area contributed by atoms with Crippen molar-refractivity contribution >= 4 is 23.2 Å². The predicted molar refractivity (Wildman–Crippen MR) is 55.2 cm³/mol. The van der Waals surface area contributed by atoms with Gasteiger partial charge in [0.25, 0.3) is 0 Å². The summed E-state index contributed by atoms with van der Waals surface area (Å²) in [6.45, 7) is 1.47. The van der Waals surface area contributed by atoms with E-state index in [1.807, 2.05) is 18.2 Å². The van der Waals surface area contributed by atoms with E-state index in [1.54, 1.807) is 0 Å². The van der Waals surface area contributed by atoms with Gasteiger partial charge in [-0.15, -0.1) is 0 Å². The second-order valence-electron chi connectivity index (χ2n) is 3.36. The van der Waals surface area contributed by atoms with Crippen molar-refractivity contribution in [2.75, 3.05) is 13.1 Å². The number of rotatable bonds is 1. The van der Waals surface area contributed by atoms with E-state index < -0.39 is 0 Å². The smallest absolute Gasteiger partial charge is 0.0691 e. The van der Waals surface area contributed by atoms with E-state index in [2.05, 4.69) is 5.32 Å². The molecule has 1 aromatic rings. The Morgan fingerprint density at radius 3 is 2.15 bits per heavy atom. The van der Waals surface area contributed by atoms with E-state index in [0.717, 1.165) is 18.7 Å². The molecular formula is C9H10Cl2N2. The molecule has 1 aromatic carbocycles. The van der Waals surface area contributed by atoms with Crippen molar-refractivity contribution in [1.29, 1.82) is 0 Å². The molecule has 0 unspecified atom stereocenters. The molecule has 1 aliphatic heterocycles. The first kappa shape index (κ1) is 9.28. The molecule has 2 rings (SSSR count). The van der Waals surface area contributed by atoms with Crippen molar-refractivity contribution in [2.24, 2.45) is 5.73 Å². The molecule has 2 nitrogen and oxygen atoms in total. The van der Waals surface area contributed by atoms with Crippen LogP contribution in [0.3, 0.4) is 0 Å². The van der Waals surface area contributed by atoms with E-state index in [-0.39, 0.29) is 5.54 Å². The molecule has 0 atom stereocenters. The van der Waals surface area contributed by atoms with E-state index >= 15 is 0 Å². The molecule has 1 heterocycles. The molecule has 0 aromatic heterocycles. The van der Waals surface area contributed by atoms with Crippen molar-refractivity contribution < 1.29 is 0 Å². The topological polar surface area (TPSA) is 38.0 Å². The van der Waals surface area contributed by atoms with Crippen LogP contribution < -0.4 is 11.1 Å². The Labute approximate surface area is 87.0 Å².